The van der Waals surface area contributed by atoms with Crippen LogP contribution in [0.1, 0.15) is 46.2 Å². The maximum atomic E-state index is 3.57. The maximum absolute atomic E-state index is 3.57. The second-order valence-electron chi connectivity index (χ2n) is 6.48. The van der Waals surface area contributed by atoms with Crippen molar-refractivity contribution in [2.75, 3.05) is 7.05 Å². The Balaban J connectivity index is 1.86. The summed E-state index contributed by atoms with van der Waals surface area (Å²) in [6.45, 7) is 6.66. The fraction of sp³-hybridized carbons (Fsp3) is 0.400. The summed E-state index contributed by atoms with van der Waals surface area (Å²) in [4.78, 5) is 0. The van der Waals surface area contributed by atoms with Crippen LogP contribution in [0.2, 0.25) is 0 Å². The Labute approximate surface area is 128 Å². The van der Waals surface area contributed by atoms with Crippen molar-refractivity contribution in [3.05, 3.63) is 70.3 Å². The van der Waals surface area contributed by atoms with Gasteiger partial charge in [-0.15, -0.1) is 0 Å². The molecule has 0 aromatic heterocycles. The molecule has 3 atom stereocenters. The molecule has 0 spiro atoms. The molecular formula is C20H25N. The molecule has 1 fully saturated rings. The summed E-state index contributed by atoms with van der Waals surface area (Å²) in [5.41, 5.74) is 7.17. The molecule has 0 radical (unpaired) electrons. The maximum Gasteiger partial charge on any atom is 0.0354 e. The molecule has 1 nitrogen and oxygen atoms in total. The van der Waals surface area contributed by atoms with Gasteiger partial charge < -0.3 is 5.32 Å². The zero-order chi connectivity index (χ0) is 15.0. The van der Waals surface area contributed by atoms with Crippen LogP contribution >= 0.6 is 0 Å². The van der Waals surface area contributed by atoms with E-state index in [2.05, 4.69) is 75.6 Å². The molecule has 2 aromatic carbocycles. The molecule has 21 heavy (non-hydrogen) atoms. The Kier molecular flexibility index (Phi) is 3.86. The van der Waals surface area contributed by atoms with E-state index in [-0.39, 0.29) is 0 Å². The van der Waals surface area contributed by atoms with E-state index in [1.54, 1.807) is 0 Å². The van der Waals surface area contributed by atoms with Crippen molar-refractivity contribution in [3.63, 3.8) is 0 Å². The molecule has 1 saturated carbocycles. The smallest absolute Gasteiger partial charge is 0.0354 e. The van der Waals surface area contributed by atoms with Gasteiger partial charge in [-0.3, -0.25) is 0 Å². The molecule has 0 amide bonds. The van der Waals surface area contributed by atoms with Gasteiger partial charge in [-0.25, -0.2) is 0 Å². The van der Waals surface area contributed by atoms with Crippen LogP contribution in [-0.2, 0) is 0 Å². The van der Waals surface area contributed by atoms with Crippen molar-refractivity contribution < 1.29 is 0 Å². The van der Waals surface area contributed by atoms with Crippen LogP contribution in [0.3, 0.4) is 0 Å². The van der Waals surface area contributed by atoms with Crippen LogP contribution in [0.4, 0.5) is 0 Å². The molecule has 1 aliphatic rings. The van der Waals surface area contributed by atoms with Gasteiger partial charge in [0.15, 0.2) is 0 Å². The van der Waals surface area contributed by atoms with E-state index in [4.69, 9.17) is 0 Å². The highest BCUT2D eigenvalue weighted by molar-refractivity contribution is 5.40. The minimum Gasteiger partial charge on any atom is -0.313 e. The zero-order valence-electron chi connectivity index (χ0n) is 13.5. The van der Waals surface area contributed by atoms with E-state index in [1.165, 1.54) is 34.2 Å². The predicted molar refractivity (Wildman–Crippen MR) is 89.7 cm³/mol. The molecule has 2 aromatic rings. The van der Waals surface area contributed by atoms with Crippen LogP contribution < -0.4 is 5.32 Å². The monoisotopic (exact) mass is 279 g/mol. The number of hydrogen-bond donors (Lipinski definition) is 1. The summed E-state index contributed by atoms with van der Waals surface area (Å²) in [5.74, 6) is 1.43. The lowest BCUT2D eigenvalue weighted by Gasteiger charge is -2.21. The average molecular weight is 279 g/mol. The predicted octanol–water partition coefficient (Wildman–Crippen LogP) is 4.68. The molecule has 3 rings (SSSR count). The second-order valence-corrected chi connectivity index (χ2v) is 6.48. The summed E-state index contributed by atoms with van der Waals surface area (Å²) >= 11 is 0. The molecule has 3 unspecified atom stereocenters. The summed E-state index contributed by atoms with van der Waals surface area (Å²) in [6, 6.07) is 16.1. The molecular weight excluding hydrogens is 254 g/mol. The fourth-order valence-electron chi connectivity index (χ4n) is 3.58. The van der Waals surface area contributed by atoms with Gasteiger partial charge in [0.2, 0.25) is 0 Å². The van der Waals surface area contributed by atoms with Gasteiger partial charge in [-0.05, 0) is 73.9 Å². The van der Waals surface area contributed by atoms with Gasteiger partial charge in [0.05, 0.1) is 0 Å². The Morgan fingerprint density at radius 3 is 2.29 bits per heavy atom. The number of benzene rings is 2. The van der Waals surface area contributed by atoms with E-state index in [0.29, 0.717) is 12.0 Å². The molecule has 0 heterocycles. The Bertz CT molecular complexity index is 630. The third-order valence-corrected chi connectivity index (χ3v) is 5.02. The van der Waals surface area contributed by atoms with Crippen molar-refractivity contribution >= 4 is 0 Å². The second kappa shape index (κ2) is 5.65. The molecule has 1 aliphatic carbocycles. The number of nitrogens with one attached hydrogen (secondary N) is 1. The summed E-state index contributed by atoms with van der Waals surface area (Å²) < 4.78 is 0. The topological polar surface area (TPSA) is 12.0 Å². The Hall–Kier alpha value is -1.60. The highest BCUT2D eigenvalue weighted by atomic mass is 14.9. The van der Waals surface area contributed by atoms with Crippen molar-refractivity contribution in [3.8, 4) is 0 Å². The van der Waals surface area contributed by atoms with Crippen molar-refractivity contribution in [2.24, 2.45) is 5.92 Å². The van der Waals surface area contributed by atoms with E-state index in [0.717, 1.165) is 5.92 Å². The lowest BCUT2D eigenvalue weighted by atomic mass is 9.92. The summed E-state index contributed by atoms with van der Waals surface area (Å²) in [6.07, 6.45) is 1.29. The van der Waals surface area contributed by atoms with E-state index < -0.39 is 0 Å². The van der Waals surface area contributed by atoms with Gasteiger partial charge in [-0.1, -0.05) is 42.5 Å². The first kappa shape index (κ1) is 14.3. The highest BCUT2D eigenvalue weighted by Crippen LogP contribution is 2.54. The van der Waals surface area contributed by atoms with E-state index >= 15 is 0 Å². The standard InChI is InChI=1S/C20H25N/c1-13-10-15(3)17(11-14(13)2)20(21-4)19-12-18(19)16-8-6-5-7-9-16/h5-11,18-21H,12H2,1-4H3. The lowest BCUT2D eigenvalue weighted by Crippen LogP contribution is -2.20. The molecule has 0 bridgehead atoms. The molecule has 0 aliphatic heterocycles. The van der Waals surface area contributed by atoms with Gasteiger partial charge in [0.1, 0.15) is 0 Å². The van der Waals surface area contributed by atoms with Crippen molar-refractivity contribution in [2.45, 2.75) is 39.2 Å². The number of aryl methyl sites for hydroxylation is 3. The van der Waals surface area contributed by atoms with Crippen LogP contribution in [0, 0.1) is 26.7 Å². The third-order valence-electron chi connectivity index (χ3n) is 5.02. The summed E-state index contributed by atoms with van der Waals surface area (Å²) in [7, 11) is 2.10. The van der Waals surface area contributed by atoms with Crippen molar-refractivity contribution in [1.82, 2.24) is 5.32 Å². The number of rotatable bonds is 4. The molecule has 1 heteroatoms. The third kappa shape index (κ3) is 2.75. The summed E-state index contributed by atoms with van der Waals surface area (Å²) in [5, 5.41) is 3.57. The van der Waals surface area contributed by atoms with Gasteiger partial charge in [-0.2, -0.15) is 0 Å². The first-order valence-electron chi connectivity index (χ1n) is 7.91. The molecule has 110 valence electrons. The van der Waals surface area contributed by atoms with E-state index in [9.17, 15) is 0 Å². The normalized spacial score (nSPS) is 22.1. The van der Waals surface area contributed by atoms with Gasteiger partial charge in [0, 0.05) is 6.04 Å². The molecule has 1 N–H and O–H groups in total. The quantitative estimate of drug-likeness (QED) is 0.857. The van der Waals surface area contributed by atoms with Gasteiger partial charge >= 0.3 is 0 Å². The first-order valence-corrected chi connectivity index (χ1v) is 7.91. The Morgan fingerprint density at radius 1 is 0.952 bits per heavy atom. The molecule has 0 saturated heterocycles. The highest BCUT2D eigenvalue weighted by Gasteiger charge is 2.44. The lowest BCUT2D eigenvalue weighted by molar-refractivity contribution is 0.515. The van der Waals surface area contributed by atoms with Crippen LogP contribution in [0.15, 0.2) is 42.5 Å². The number of hydrogen-bond acceptors (Lipinski definition) is 1. The fourth-order valence-corrected chi connectivity index (χ4v) is 3.58. The average Bonchev–Trinajstić information content (AvgIpc) is 3.26. The minimum atomic E-state index is 0.467. The SMILES string of the molecule is CNC(c1cc(C)c(C)cc1C)C1CC1c1ccccc1. The van der Waals surface area contributed by atoms with Crippen molar-refractivity contribution in [1.29, 1.82) is 0 Å². The van der Waals surface area contributed by atoms with Gasteiger partial charge in [0.25, 0.3) is 0 Å². The zero-order valence-corrected chi connectivity index (χ0v) is 13.5. The first-order chi connectivity index (χ1) is 10.1. The largest absolute Gasteiger partial charge is 0.313 e. The Morgan fingerprint density at radius 2 is 1.62 bits per heavy atom. The van der Waals surface area contributed by atoms with Crippen LogP contribution in [0.5, 0.6) is 0 Å². The van der Waals surface area contributed by atoms with Crippen LogP contribution in [0.25, 0.3) is 0 Å². The minimum absolute atomic E-state index is 0.467. The van der Waals surface area contributed by atoms with Crippen LogP contribution in [-0.4, -0.2) is 7.05 Å². The van der Waals surface area contributed by atoms with E-state index in [1.807, 2.05) is 0 Å².